The van der Waals surface area contributed by atoms with Crippen LogP contribution < -0.4 is 20.8 Å². The average Bonchev–Trinajstić information content (AvgIpc) is 3.45. The maximum atomic E-state index is 14.9. The standard InChI is InChI=1S/C37H38F2N4O4S/c1-4-6-19-40-37(46)47-31-23-43(22-27-29(38)13-10-14-30(27)39)36-33(34(31)45)28(21-42(3)20-24-11-8-7-9-12-24)35(48-36)25-15-17-26(18-16-25)41-32(44)5-2/h7-18,23H,4-6,19-22H2,1-3H3,(H,40,46)(H,41,44). The first-order chi connectivity index (χ1) is 23.2. The van der Waals surface area contributed by atoms with Gasteiger partial charge in [-0.05, 0) is 54.4 Å². The molecule has 0 bridgehead atoms. The van der Waals surface area contributed by atoms with Crippen LogP contribution in [0, 0.1) is 11.6 Å². The first kappa shape index (κ1) is 34.5. The summed E-state index contributed by atoms with van der Waals surface area (Å²) in [5.74, 6) is -1.82. The summed E-state index contributed by atoms with van der Waals surface area (Å²) >= 11 is 1.31. The van der Waals surface area contributed by atoms with Crippen molar-refractivity contribution in [1.82, 2.24) is 14.8 Å². The molecule has 2 aromatic heterocycles. The largest absolute Gasteiger partial charge is 0.412 e. The highest BCUT2D eigenvalue weighted by Crippen LogP contribution is 2.40. The molecule has 5 aromatic rings. The second kappa shape index (κ2) is 15.8. The number of anilines is 1. The lowest BCUT2D eigenvalue weighted by atomic mass is 10.0. The van der Waals surface area contributed by atoms with Crippen LogP contribution in [0.2, 0.25) is 0 Å². The predicted molar refractivity (Wildman–Crippen MR) is 186 cm³/mol. The lowest BCUT2D eigenvalue weighted by Gasteiger charge is -2.18. The van der Waals surface area contributed by atoms with Gasteiger partial charge in [0.2, 0.25) is 11.3 Å². The summed E-state index contributed by atoms with van der Waals surface area (Å²) in [6, 6.07) is 20.9. The molecule has 0 radical (unpaired) electrons. The number of thiophene rings is 1. The topological polar surface area (TPSA) is 92.7 Å². The summed E-state index contributed by atoms with van der Waals surface area (Å²) in [6.45, 7) is 4.82. The van der Waals surface area contributed by atoms with Crippen molar-refractivity contribution in [1.29, 1.82) is 0 Å². The fraction of sp³-hybridized carbons (Fsp3) is 0.270. The Morgan fingerprint density at radius 3 is 2.29 bits per heavy atom. The van der Waals surface area contributed by atoms with E-state index >= 15 is 0 Å². The normalized spacial score (nSPS) is 11.2. The molecule has 2 N–H and O–H groups in total. The smallest absolute Gasteiger partial charge is 0.405 e. The van der Waals surface area contributed by atoms with Crippen LogP contribution in [0.4, 0.5) is 19.3 Å². The molecule has 0 saturated carbocycles. The number of benzene rings is 3. The summed E-state index contributed by atoms with van der Waals surface area (Å²) in [4.78, 5) is 42.3. The third-order valence-electron chi connectivity index (χ3n) is 7.84. The minimum Gasteiger partial charge on any atom is -0.405 e. The number of hydrogen-bond donors (Lipinski definition) is 2. The molecule has 0 spiro atoms. The van der Waals surface area contributed by atoms with Crippen molar-refractivity contribution in [3.8, 4) is 16.2 Å². The number of ether oxygens (including phenoxy) is 1. The van der Waals surface area contributed by atoms with Gasteiger partial charge in [0.1, 0.15) is 16.5 Å². The Morgan fingerprint density at radius 1 is 0.917 bits per heavy atom. The molecule has 0 fully saturated rings. The van der Waals surface area contributed by atoms with Crippen LogP contribution in [-0.4, -0.2) is 35.1 Å². The molecule has 250 valence electrons. The predicted octanol–water partition coefficient (Wildman–Crippen LogP) is 7.93. The van der Waals surface area contributed by atoms with Crippen molar-refractivity contribution in [3.05, 3.63) is 118 Å². The van der Waals surface area contributed by atoms with Gasteiger partial charge in [-0.15, -0.1) is 11.3 Å². The highest BCUT2D eigenvalue weighted by atomic mass is 32.1. The monoisotopic (exact) mass is 672 g/mol. The summed E-state index contributed by atoms with van der Waals surface area (Å²) < 4.78 is 37.0. The van der Waals surface area contributed by atoms with Crippen molar-refractivity contribution in [3.63, 3.8) is 0 Å². The fourth-order valence-corrected chi connectivity index (χ4v) is 6.67. The maximum absolute atomic E-state index is 14.9. The number of hydrogen-bond acceptors (Lipinski definition) is 6. The summed E-state index contributed by atoms with van der Waals surface area (Å²) in [5, 5.41) is 5.81. The summed E-state index contributed by atoms with van der Waals surface area (Å²) in [6.07, 6.45) is 2.49. The summed E-state index contributed by atoms with van der Waals surface area (Å²) in [7, 11) is 1.94. The first-order valence-electron chi connectivity index (χ1n) is 15.9. The Kier molecular flexibility index (Phi) is 11.4. The van der Waals surface area contributed by atoms with Gasteiger partial charge >= 0.3 is 6.09 Å². The van der Waals surface area contributed by atoms with Gasteiger partial charge in [0.25, 0.3) is 0 Å². The van der Waals surface area contributed by atoms with E-state index in [4.69, 9.17) is 4.74 Å². The zero-order valence-electron chi connectivity index (χ0n) is 27.1. The van der Waals surface area contributed by atoms with Gasteiger partial charge in [-0.3, -0.25) is 14.5 Å². The molecule has 5 rings (SSSR count). The molecule has 11 heteroatoms. The highest BCUT2D eigenvalue weighted by Gasteiger charge is 2.24. The molecule has 0 aliphatic heterocycles. The van der Waals surface area contributed by atoms with Gasteiger partial charge < -0.3 is 19.9 Å². The molecule has 3 aromatic carbocycles. The van der Waals surface area contributed by atoms with Crippen molar-refractivity contribution in [2.45, 2.75) is 52.7 Å². The van der Waals surface area contributed by atoms with E-state index in [0.717, 1.165) is 28.8 Å². The van der Waals surface area contributed by atoms with Crippen LogP contribution in [0.25, 0.3) is 20.7 Å². The van der Waals surface area contributed by atoms with Crippen molar-refractivity contribution in [2.24, 2.45) is 0 Å². The number of nitrogens with one attached hydrogen (secondary N) is 2. The number of carbonyl (C=O) groups is 2. The van der Waals surface area contributed by atoms with E-state index in [9.17, 15) is 23.2 Å². The Labute approximate surface area is 282 Å². The van der Waals surface area contributed by atoms with Gasteiger partial charge in [0.15, 0.2) is 5.75 Å². The molecular weight excluding hydrogens is 634 g/mol. The number of rotatable bonds is 13. The molecule has 8 nitrogen and oxygen atoms in total. The fourth-order valence-electron chi connectivity index (χ4n) is 5.38. The zero-order valence-corrected chi connectivity index (χ0v) is 28.0. The highest BCUT2D eigenvalue weighted by molar-refractivity contribution is 7.22. The minimum absolute atomic E-state index is 0.114. The number of amides is 2. The molecule has 0 saturated heterocycles. The summed E-state index contributed by atoms with van der Waals surface area (Å²) in [5.41, 5.74) is 2.50. The Morgan fingerprint density at radius 2 is 1.62 bits per heavy atom. The van der Waals surface area contributed by atoms with Crippen LogP contribution in [0.5, 0.6) is 5.75 Å². The molecule has 0 aliphatic rings. The van der Waals surface area contributed by atoms with E-state index in [1.165, 1.54) is 35.7 Å². The van der Waals surface area contributed by atoms with Gasteiger partial charge in [-0.2, -0.15) is 0 Å². The maximum Gasteiger partial charge on any atom is 0.412 e. The van der Waals surface area contributed by atoms with Crippen molar-refractivity contribution >= 4 is 39.2 Å². The van der Waals surface area contributed by atoms with Crippen LogP contribution in [0.3, 0.4) is 0 Å². The molecule has 48 heavy (non-hydrogen) atoms. The van der Waals surface area contributed by atoms with Crippen LogP contribution >= 0.6 is 11.3 Å². The molecule has 0 atom stereocenters. The van der Waals surface area contributed by atoms with Gasteiger partial charge in [0.05, 0.1) is 18.1 Å². The quantitative estimate of drug-likeness (QED) is 0.124. The van der Waals surface area contributed by atoms with Gasteiger partial charge in [0, 0.05) is 42.2 Å². The van der Waals surface area contributed by atoms with Crippen LogP contribution in [0.15, 0.2) is 83.8 Å². The van der Waals surface area contributed by atoms with E-state index in [0.29, 0.717) is 47.5 Å². The number of halogens is 2. The lowest BCUT2D eigenvalue weighted by molar-refractivity contribution is -0.115. The van der Waals surface area contributed by atoms with E-state index < -0.39 is 23.2 Å². The number of carbonyl (C=O) groups excluding carboxylic acids is 2. The Hall–Kier alpha value is -4.87. The zero-order chi connectivity index (χ0) is 34.2. The Bertz CT molecular complexity index is 1940. The second-order valence-corrected chi connectivity index (χ2v) is 12.5. The average molecular weight is 673 g/mol. The second-order valence-electron chi connectivity index (χ2n) is 11.5. The van der Waals surface area contributed by atoms with Crippen molar-refractivity contribution < 1.29 is 23.1 Å². The SMILES string of the molecule is CCCCNC(=O)Oc1cn(Cc2c(F)cccc2F)c2sc(-c3ccc(NC(=O)CC)cc3)c(CN(C)Cc3ccccc3)c2c1=O. The number of fused-ring (bicyclic) bond motifs is 1. The van der Waals surface area contributed by atoms with E-state index in [-0.39, 0.29) is 23.8 Å². The van der Waals surface area contributed by atoms with Crippen molar-refractivity contribution in [2.75, 3.05) is 18.9 Å². The lowest BCUT2D eigenvalue weighted by Crippen LogP contribution is -2.30. The Balaban J connectivity index is 1.68. The van der Waals surface area contributed by atoms with E-state index in [2.05, 4.69) is 15.5 Å². The first-order valence-corrected chi connectivity index (χ1v) is 16.7. The third kappa shape index (κ3) is 8.15. The molecular formula is C37H38F2N4O4S. The molecule has 2 amide bonds. The van der Waals surface area contributed by atoms with E-state index in [1.54, 1.807) is 23.6 Å². The number of pyridine rings is 1. The third-order valence-corrected chi connectivity index (χ3v) is 9.16. The molecule has 0 unspecified atom stereocenters. The van der Waals surface area contributed by atoms with Crippen LogP contribution in [-0.2, 0) is 24.4 Å². The van der Waals surface area contributed by atoms with Gasteiger partial charge in [-0.1, -0.05) is 68.8 Å². The number of unbranched alkanes of at least 4 members (excludes halogenated alkanes) is 1. The molecule has 2 heterocycles. The molecule has 0 aliphatic carbocycles. The number of nitrogens with zero attached hydrogens (tertiary/aromatic N) is 2. The number of aromatic nitrogens is 1. The van der Waals surface area contributed by atoms with Gasteiger partial charge in [-0.25, -0.2) is 13.6 Å². The van der Waals surface area contributed by atoms with E-state index in [1.807, 2.05) is 56.4 Å². The minimum atomic E-state index is -0.786. The van der Waals surface area contributed by atoms with Crippen LogP contribution in [0.1, 0.15) is 49.8 Å².